The number of hydrogen-bond donors (Lipinski definition) is 1. The predicted molar refractivity (Wildman–Crippen MR) is 117 cm³/mol. The van der Waals surface area contributed by atoms with Gasteiger partial charge in [0.25, 0.3) is 0 Å². The van der Waals surface area contributed by atoms with E-state index in [9.17, 15) is 9.59 Å². The van der Waals surface area contributed by atoms with E-state index in [1.54, 1.807) is 0 Å². The van der Waals surface area contributed by atoms with Crippen LogP contribution in [0, 0.1) is 0 Å². The van der Waals surface area contributed by atoms with Crippen LogP contribution < -0.4 is 10.1 Å². The van der Waals surface area contributed by atoms with Gasteiger partial charge in [0, 0.05) is 35.6 Å². The average Bonchev–Trinajstić information content (AvgIpc) is 3.29. The number of ether oxygens (including phenoxy) is 3. The van der Waals surface area contributed by atoms with E-state index in [1.165, 1.54) is 0 Å². The zero-order valence-corrected chi connectivity index (χ0v) is 18.4. The summed E-state index contributed by atoms with van der Waals surface area (Å²) in [6.45, 7) is 5.45. The average molecular weight is 426 g/mol. The van der Waals surface area contributed by atoms with Gasteiger partial charge in [0.15, 0.2) is 5.78 Å². The monoisotopic (exact) mass is 425 g/mol. The summed E-state index contributed by atoms with van der Waals surface area (Å²) >= 11 is 0. The highest BCUT2D eigenvalue weighted by atomic mass is 16.6. The van der Waals surface area contributed by atoms with Gasteiger partial charge in [-0.1, -0.05) is 25.1 Å². The molecule has 2 aliphatic heterocycles. The molecule has 1 aromatic rings. The highest BCUT2D eigenvalue weighted by Crippen LogP contribution is 2.45. The van der Waals surface area contributed by atoms with Crippen LogP contribution >= 0.6 is 0 Å². The second kappa shape index (κ2) is 9.69. The van der Waals surface area contributed by atoms with Gasteiger partial charge in [-0.3, -0.25) is 4.79 Å². The molecule has 3 aliphatic rings. The Bertz CT molecular complexity index is 910. The van der Waals surface area contributed by atoms with Gasteiger partial charge in [-0.05, 0) is 45.1 Å². The third-order valence-corrected chi connectivity index (χ3v) is 6.11. The number of para-hydroxylation sites is 1. The fourth-order valence-corrected chi connectivity index (χ4v) is 4.65. The van der Waals surface area contributed by atoms with Crippen LogP contribution in [0.5, 0.6) is 5.75 Å². The topological polar surface area (TPSA) is 73.9 Å². The third kappa shape index (κ3) is 4.54. The van der Waals surface area contributed by atoms with Crippen molar-refractivity contribution in [1.82, 2.24) is 5.32 Å². The van der Waals surface area contributed by atoms with Crippen LogP contribution in [0.15, 0.2) is 46.8 Å². The summed E-state index contributed by atoms with van der Waals surface area (Å²) in [5.41, 5.74) is 3.65. The molecule has 0 amide bonds. The first kappa shape index (κ1) is 21.6. The van der Waals surface area contributed by atoms with Gasteiger partial charge in [-0.25, -0.2) is 4.79 Å². The summed E-state index contributed by atoms with van der Waals surface area (Å²) in [4.78, 5) is 26.4. The van der Waals surface area contributed by atoms with Gasteiger partial charge < -0.3 is 19.5 Å². The number of hydrogen-bond acceptors (Lipinski definition) is 6. The minimum Gasteiger partial charge on any atom is -0.493 e. The van der Waals surface area contributed by atoms with Gasteiger partial charge >= 0.3 is 5.97 Å². The van der Waals surface area contributed by atoms with Crippen LogP contribution in [0.1, 0.15) is 63.9 Å². The highest BCUT2D eigenvalue weighted by Gasteiger charge is 2.40. The number of carbonyl (C=O) groups is 2. The second-order valence-corrected chi connectivity index (χ2v) is 8.39. The van der Waals surface area contributed by atoms with Gasteiger partial charge in [0.1, 0.15) is 12.4 Å². The van der Waals surface area contributed by atoms with Crippen molar-refractivity contribution in [2.75, 3.05) is 19.8 Å². The maximum atomic E-state index is 13.3. The number of Topliss-reactive ketones (excluding diaryl/α,β-unsaturated/α-hetero) is 1. The molecule has 4 rings (SSSR count). The maximum absolute atomic E-state index is 13.3. The quantitative estimate of drug-likeness (QED) is 0.661. The number of carbonyl (C=O) groups excluding carboxylic acids is 2. The van der Waals surface area contributed by atoms with E-state index < -0.39 is 11.9 Å². The molecule has 1 aromatic carbocycles. The molecular formula is C25H31NO5. The van der Waals surface area contributed by atoms with E-state index in [0.29, 0.717) is 36.5 Å². The van der Waals surface area contributed by atoms with E-state index in [-0.39, 0.29) is 18.5 Å². The molecule has 166 valence electrons. The van der Waals surface area contributed by atoms with E-state index in [2.05, 4.69) is 12.2 Å². The molecule has 1 saturated heterocycles. The molecule has 6 nitrogen and oxygen atoms in total. The summed E-state index contributed by atoms with van der Waals surface area (Å²) in [5.74, 6) is -0.102. The Balaban J connectivity index is 1.72. The van der Waals surface area contributed by atoms with E-state index in [4.69, 9.17) is 14.2 Å². The lowest BCUT2D eigenvalue weighted by molar-refractivity contribution is -0.142. The van der Waals surface area contributed by atoms with Gasteiger partial charge in [-0.2, -0.15) is 0 Å². The lowest BCUT2D eigenvalue weighted by Crippen LogP contribution is -2.35. The van der Waals surface area contributed by atoms with Crippen LogP contribution in [-0.4, -0.2) is 37.7 Å². The minimum absolute atomic E-state index is 0.0499. The smallest absolute Gasteiger partial charge is 0.336 e. The number of ketones is 1. The third-order valence-electron chi connectivity index (χ3n) is 6.11. The summed E-state index contributed by atoms with van der Waals surface area (Å²) in [6.07, 6.45) is 4.81. The normalized spacial score (nSPS) is 23.5. The fraction of sp³-hybridized carbons (Fsp3) is 0.520. The Morgan fingerprint density at radius 2 is 2.06 bits per heavy atom. The predicted octanol–water partition coefficient (Wildman–Crippen LogP) is 4.17. The summed E-state index contributed by atoms with van der Waals surface area (Å²) < 4.78 is 17.3. The van der Waals surface area contributed by atoms with Crippen LogP contribution in [-0.2, 0) is 19.1 Å². The van der Waals surface area contributed by atoms with Crippen molar-refractivity contribution in [2.45, 2.75) is 64.4 Å². The van der Waals surface area contributed by atoms with Gasteiger partial charge in [0.05, 0.1) is 24.2 Å². The lowest BCUT2D eigenvalue weighted by atomic mass is 9.75. The number of rotatable bonds is 7. The van der Waals surface area contributed by atoms with Crippen molar-refractivity contribution in [2.24, 2.45) is 0 Å². The minimum atomic E-state index is -0.492. The van der Waals surface area contributed by atoms with E-state index in [0.717, 1.165) is 49.1 Å². The van der Waals surface area contributed by atoms with Crippen molar-refractivity contribution >= 4 is 11.8 Å². The fourth-order valence-electron chi connectivity index (χ4n) is 4.65. The Hall–Kier alpha value is -2.60. The first-order chi connectivity index (χ1) is 15.1. The van der Waals surface area contributed by atoms with Crippen LogP contribution in [0.2, 0.25) is 0 Å². The van der Waals surface area contributed by atoms with E-state index in [1.807, 2.05) is 31.2 Å². The number of allylic oxidation sites excluding steroid dienone is 3. The molecule has 2 heterocycles. The number of esters is 1. The zero-order valence-electron chi connectivity index (χ0n) is 18.4. The van der Waals surface area contributed by atoms with Gasteiger partial charge in [0.2, 0.25) is 0 Å². The number of dihydropyridines is 1. The number of nitrogens with one attached hydrogen (secondary N) is 1. The molecule has 1 aliphatic carbocycles. The number of benzene rings is 1. The van der Waals surface area contributed by atoms with Crippen molar-refractivity contribution in [1.29, 1.82) is 0 Å². The van der Waals surface area contributed by atoms with Crippen LogP contribution in [0.25, 0.3) is 0 Å². The molecule has 2 atom stereocenters. The summed E-state index contributed by atoms with van der Waals surface area (Å²) in [5, 5.41) is 3.34. The Labute approximate surface area is 183 Å². The Morgan fingerprint density at radius 1 is 1.23 bits per heavy atom. The lowest BCUT2D eigenvalue weighted by Gasteiger charge is -2.34. The molecule has 6 heteroatoms. The molecule has 0 aromatic heterocycles. The van der Waals surface area contributed by atoms with E-state index >= 15 is 0 Å². The molecule has 0 bridgehead atoms. The standard InChI is InChI=1S/C25H31NO5/c1-3-13-30-21-12-5-4-9-18(21)23-22(25(28)31-15-17-8-7-14-29-17)16(2)26-19-10-6-11-20(27)24(19)23/h4-5,9,12,17,23,26H,3,6-8,10-11,13-15H2,1-2H3/t17-,23-/m0/s1. The Morgan fingerprint density at radius 3 is 2.84 bits per heavy atom. The van der Waals surface area contributed by atoms with Crippen LogP contribution in [0.3, 0.4) is 0 Å². The second-order valence-electron chi connectivity index (χ2n) is 8.39. The van der Waals surface area contributed by atoms with Crippen molar-refractivity contribution in [3.05, 3.63) is 52.4 Å². The van der Waals surface area contributed by atoms with Crippen molar-refractivity contribution in [3.63, 3.8) is 0 Å². The highest BCUT2D eigenvalue weighted by molar-refractivity contribution is 6.04. The van der Waals surface area contributed by atoms with Crippen molar-refractivity contribution < 1.29 is 23.8 Å². The molecular weight excluding hydrogens is 394 g/mol. The zero-order chi connectivity index (χ0) is 21.8. The largest absolute Gasteiger partial charge is 0.493 e. The maximum Gasteiger partial charge on any atom is 0.336 e. The van der Waals surface area contributed by atoms with Gasteiger partial charge in [-0.15, -0.1) is 0 Å². The molecule has 1 fully saturated rings. The molecule has 0 unspecified atom stereocenters. The molecule has 31 heavy (non-hydrogen) atoms. The Kier molecular flexibility index (Phi) is 6.76. The SMILES string of the molecule is CCCOc1ccccc1[C@H]1C(C(=O)OC[C@@H]2CCCO2)=C(C)NC2=C1C(=O)CCC2. The summed E-state index contributed by atoms with van der Waals surface area (Å²) in [7, 11) is 0. The first-order valence-electron chi connectivity index (χ1n) is 11.3. The summed E-state index contributed by atoms with van der Waals surface area (Å²) in [6, 6.07) is 7.70. The molecule has 0 radical (unpaired) electrons. The molecule has 0 saturated carbocycles. The molecule has 0 spiro atoms. The first-order valence-corrected chi connectivity index (χ1v) is 11.3. The van der Waals surface area contributed by atoms with Crippen LogP contribution in [0.4, 0.5) is 0 Å². The van der Waals surface area contributed by atoms with Crippen molar-refractivity contribution in [3.8, 4) is 5.75 Å². The molecule has 1 N–H and O–H groups in total.